The Balaban J connectivity index is 2.38. The van der Waals surface area contributed by atoms with Crippen LogP contribution in [-0.2, 0) is 9.59 Å². The molecule has 1 aliphatic rings. The normalized spacial score (nSPS) is 19.6. The van der Waals surface area contributed by atoms with E-state index in [1.165, 1.54) is 4.90 Å². The highest BCUT2D eigenvalue weighted by Gasteiger charge is 2.30. The van der Waals surface area contributed by atoms with Gasteiger partial charge in [0.1, 0.15) is 0 Å². The molecule has 7 heteroatoms. The molecule has 0 aliphatic carbocycles. The zero-order valence-corrected chi connectivity index (χ0v) is 7.23. The monoisotopic (exact) mass is 210 g/mol. The van der Waals surface area contributed by atoms with Gasteiger partial charge in [-0.1, -0.05) is 0 Å². The van der Waals surface area contributed by atoms with E-state index in [1.54, 1.807) is 0 Å². The van der Waals surface area contributed by atoms with Gasteiger partial charge in [0.2, 0.25) is 11.8 Å². The topological polar surface area (TPSA) is 49.4 Å². The molecule has 0 atom stereocenters. The Bertz CT molecular complexity index is 236. The Kier molecular flexibility index (Phi) is 3.10. The fourth-order valence-corrected chi connectivity index (χ4v) is 1.14. The number of nitrogens with zero attached hydrogens (tertiary/aromatic N) is 1. The van der Waals surface area contributed by atoms with Gasteiger partial charge in [0.15, 0.2) is 0 Å². The lowest BCUT2D eigenvalue weighted by Crippen LogP contribution is -2.51. The lowest BCUT2D eigenvalue weighted by molar-refractivity contribution is -0.146. The van der Waals surface area contributed by atoms with Crippen LogP contribution < -0.4 is 5.32 Å². The first-order valence-electron chi connectivity index (χ1n) is 3.98. The molecule has 1 saturated heterocycles. The fraction of sp³-hybridized carbons (Fsp3) is 0.714. The Morgan fingerprint density at radius 3 is 2.14 bits per heavy atom. The average molecular weight is 210 g/mol. The number of imide groups is 1. The number of hydrogen-bond donors (Lipinski definition) is 1. The Hall–Kier alpha value is -1.11. The van der Waals surface area contributed by atoms with Crippen LogP contribution in [0.1, 0.15) is 6.42 Å². The molecule has 80 valence electrons. The van der Waals surface area contributed by atoms with Crippen molar-refractivity contribution in [1.82, 2.24) is 10.2 Å². The molecule has 1 heterocycles. The summed E-state index contributed by atoms with van der Waals surface area (Å²) < 4.78 is 35.4. The van der Waals surface area contributed by atoms with Gasteiger partial charge < -0.3 is 0 Å². The second-order valence-electron chi connectivity index (χ2n) is 3.05. The maximum atomic E-state index is 11.8. The maximum Gasteiger partial charge on any atom is 0.390 e. The molecule has 0 bridgehead atoms. The minimum absolute atomic E-state index is 0.151. The molecule has 2 amide bonds. The van der Waals surface area contributed by atoms with Crippen LogP contribution in [0.5, 0.6) is 0 Å². The summed E-state index contributed by atoms with van der Waals surface area (Å²) in [5.74, 6) is -1.10. The van der Waals surface area contributed by atoms with Crippen molar-refractivity contribution in [2.45, 2.75) is 12.6 Å². The molecule has 0 aromatic carbocycles. The third-order valence-corrected chi connectivity index (χ3v) is 1.72. The fourth-order valence-electron chi connectivity index (χ4n) is 1.14. The van der Waals surface area contributed by atoms with Gasteiger partial charge in [0, 0.05) is 6.54 Å². The van der Waals surface area contributed by atoms with Gasteiger partial charge in [-0.25, -0.2) is 0 Å². The molecular weight excluding hydrogens is 201 g/mol. The third-order valence-electron chi connectivity index (χ3n) is 1.72. The summed E-state index contributed by atoms with van der Waals surface area (Å²) in [7, 11) is 0. The van der Waals surface area contributed by atoms with Crippen molar-refractivity contribution in [3.8, 4) is 0 Å². The Morgan fingerprint density at radius 1 is 1.21 bits per heavy atom. The van der Waals surface area contributed by atoms with Gasteiger partial charge >= 0.3 is 6.18 Å². The van der Waals surface area contributed by atoms with Crippen LogP contribution in [-0.4, -0.2) is 42.5 Å². The van der Waals surface area contributed by atoms with Crippen molar-refractivity contribution in [2.24, 2.45) is 0 Å². The van der Waals surface area contributed by atoms with Crippen LogP contribution in [0.15, 0.2) is 0 Å². The lowest BCUT2D eigenvalue weighted by atomic mass is 10.3. The molecule has 1 rings (SSSR count). The number of carbonyl (C=O) groups is 2. The second kappa shape index (κ2) is 3.95. The smallest absolute Gasteiger partial charge is 0.294 e. The zero-order valence-electron chi connectivity index (χ0n) is 7.23. The van der Waals surface area contributed by atoms with Gasteiger partial charge in [-0.15, -0.1) is 0 Å². The predicted molar refractivity (Wildman–Crippen MR) is 40.3 cm³/mol. The minimum atomic E-state index is -4.25. The van der Waals surface area contributed by atoms with Crippen LogP contribution >= 0.6 is 0 Å². The second-order valence-corrected chi connectivity index (χ2v) is 3.05. The van der Waals surface area contributed by atoms with Crippen LogP contribution in [0.3, 0.4) is 0 Å². The van der Waals surface area contributed by atoms with Gasteiger partial charge in [0.25, 0.3) is 0 Å². The van der Waals surface area contributed by atoms with E-state index in [2.05, 4.69) is 0 Å². The molecule has 0 aromatic rings. The summed E-state index contributed by atoms with van der Waals surface area (Å²) in [6.45, 7) is -0.619. The molecule has 14 heavy (non-hydrogen) atoms. The van der Waals surface area contributed by atoms with Gasteiger partial charge in [-0.05, 0) is 0 Å². The first kappa shape index (κ1) is 11.0. The van der Waals surface area contributed by atoms with E-state index in [-0.39, 0.29) is 19.6 Å². The molecule has 4 nitrogen and oxygen atoms in total. The van der Waals surface area contributed by atoms with Crippen molar-refractivity contribution < 1.29 is 22.8 Å². The van der Waals surface area contributed by atoms with E-state index in [9.17, 15) is 22.8 Å². The summed E-state index contributed by atoms with van der Waals surface area (Å²) in [5.41, 5.74) is 0. The first-order valence-corrected chi connectivity index (χ1v) is 3.98. The molecule has 1 fully saturated rings. The molecule has 0 radical (unpaired) electrons. The van der Waals surface area contributed by atoms with Crippen LogP contribution in [0, 0.1) is 0 Å². The minimum Gasteiger partial charge on any atom is -0.294 e. The lowest BCUT2D eigenvalue weighted by Gasteiger charge is -2.25. The van der Waals surface area contributed by atoms with Gasteiger partial charge in [0.05, 0.1) is 19.5 Å². The molecule has 0 saturated carbocycles. The highest BCUT2D eigenvalue weighted by Crippen LogP contribution is 2.19. The molecule has 1 aliphatic heterocycles. The number of alkyl halides is 3. The highest BCUT2D eigenvalue weighted by atomic mass is 19.4. The van der Waals surface area contributed by atoms with E-state index in [1.807, 2.05) is 5.32 Å². The molecule has 0 spiro atoms. The van der Waals surface area contributed by atoms with E-state index in [0.29, 0.717) is 0 Å². The molecule has 1 N–H and O–H groups in total. The summed E-state index contributed by atoms with van der Waals surface area (Å²) >= 11 is 0. The predicted octanol–water partition coefficient (Wildman–Crippen LogP) is -0.103. The molecule has 0 aromatic heterocycles. The quantitative estimate of drug-likeness (QED) is 0.647. The number of piperazine rings is 1. The number of hydrogen-bond acceptors (Lipinski definition) is 3. The summed E-state index contributed by atoms with van der Waals surface area (Å²) in [6, 6.07) is 0. The zero-order chi connectivity index (χ0) is 10.8. The van der Waals surface area contributed by atoms with Crippen molar-refractivity contribution in [2.75, 3.05) is 19.6 Å². The van der Waals surface area contributed by atoms with E-state index in [4.69, 9.17) is 0 Å². The van der Waals surface area contributed by atoms with Crippen molar-refractivity contribution >= 4 is 11.8 Å². The number of nitrogens with one attached hydrogen (secondary N) is 1. The van der Waals surface area contributed by atoms with E-state index < -0.39 is 24.4 Å². The number of amides is 2. The first-order chi connectivity index (χ1) is 6.37. The number of rotatable bonds is 2. The van der Waals surface area contributed by atoms with Gasteiger partial charge in [-0.2, -0.15) is 13.2 Å². The summed E-state index contributed by atoms with van der Waals surface area (Å²) in [5, 5.41) is 2.01. The maximum absolute atomic E-state index is 11.8. The van der Waals surface area contributed by atoms with Gasteiger partial charge in [-0.3, -0.25) is 19.8 Å². The SMILES string of the molecule is O=C1CN(CCC(F)(F)F)CC(=O)N1. The standard InChI is InChI=1S/C7H9F3N2O2/c8-7(9,10)1-2-12-3-5(13)11-6(14)4-12/h1-4H2,(H,11,13,14). The largest absolute Gasteiger partial charge is 0.390 e. The number of halogens is 3. The van der Waals surface area contributed by atoms with Crippen molar-refractivity contribution in [1.29, 1.82) is 0 Å². The van der Waals surface area contributed by atoms with Crippen LogP contribution in [0.25, 0.3) is 0 Å². The molecular formula is C7H9F3N2O2. The van der Waals surface area contributed by atoms with Crippen LogP contribution in [0.4, 0.5) is 13.2 Å². The van der Waals surface area contributed by atoms with Crippen molar-refractivity contribution in [3.63, 3.8) is 0 Å². The summed E-state index contributed by atoms with van der Waals surface area (Å²) in [6.07, 6.45) is -5.26. The Labute approximate surface area is 78.1 Å². The highest BCUT2D eigenvalue weighted by molar-refractivity contribution is 5.99. The Morgan fingerprint density at radius 2 is 1.71 bits per heavy atom. The number of carbonyl (C=O) groups excluding carboxylic acids is 2. The van der Waals surface area contributed by atoms with E-state index >= 15 is 0 Å². The average Bonchev–Trinajstić information content (AvgIpc) is 1.97. The van der Waals surface area contributed by atoms with Crippen LogP contribution in [0.2, 0.25) is 0 Å². The van der Waals surface area contributed by atoms with E-state index in [0.717, 1.165) is 0 Å². The summed E-state index contributed by atoms with van der Waals surface area (Å²) in [4.78, 5) is 22.7. The molecule has 0 unspecified atom stereocenters. The third kappa shape index (κ3) is 3.73. The van der Waals surface area contributed by atoms with Crippen molar-refractivity contribution in [3.05, 3.63) is 0 Å².